The number of hydrogen-bond donors (Lipinski definition) is 3. The lowest BCUT2D eigenvalue weighted by Gasteiger charge is -2.11. The Morgan fingerprint density at radius 1 is 1.42 bits per heavy atom. The Kier molecular flexibility index (Phi) is 5.61. The Morgan fingerprint density at radius 3 is 2.92 bits per heavy atom. The largest absolute Gasteiger partial charge is 0.506 e. The Morgan fingerprint density at radius 2 is 2.19 bits per heavy atom. The van der Waals surface area contributed by atoms with Crippen molar-refractivity contribution in [2.24, 2.45) is 0 Å². The summed E-state index contributed by atoms with van der Waals surface area (Å²) in [5.74, 6) is -0.0886. The van der Waals surface area contributed by atoms with Crippen LogP contribution < -0.4 is 15.6 Å². The van der Waals surface area contributed by atoms with Crippen LogP contribution >= 0.6 is 46.3 Å². The number of benzene rings is 1. The van der Waals surface area contributed by atoms with Crippen LogP contribution in [0.5, 0.6) is 11.5 Å². The van der Waals surface area contributed by atoms with E-state index in [-0.39, 0.29) is 28.1 Å². The van der Waals surface area contributed by atoms with Crippen LogP contribution in [0.25, 0.3) is 10.3 Å². The van der Waals surface area contributed by atoms with Gasteiger partial charge in [-0.05, 0) is 12.1 Å². The number of carbonyl (C=O) groups excluding carboxylic acids is 1. The van der Waals surface area contributed by atoms with Crippen molar-refractivity contribution in [3.8, 4) is 11.5 Å². The van der Waals surface area contributed by atoms with Crippen LogP contribution in [0.3, 0.4) is 0 Å². The number of methoxy groups -OCH3 is 1. The highest BCUT2D eigenvalue weighted by atomic mass is 35.5. The number of halogens is 2. The van der Waals surface area contributed by atoms with Crippen molar-refractivity contribution in [3.63, 3.8) is 0 Å². The molecule has 0 unspecified atom stereocenters. The summed E-state index contributed by atoms with van der Waals surface area (Å²) >= 11 is 14.3. The van der Waals surface area contributed by atoms with Gasteiger partial charge in [0.15, 0.2) is 15.7 Å². The first kappa shape index (κ1) is 18.8. The molecule has 11 heteroatoms. The molecule has 26 heavy (non-hydrogen) atoms. The van der Waals surface area contributed by atoms with E-state index in [0.29, 0.717) is 25.5 Å². The number of nitrogens with one attached hydrogen (secondary N) is 2. The van der Waals surface area contributed by atoms with Crippen LogP contribution in [0.4, 0.5) is 5.69 Å². The Hall–Kier alpha value is -1.94. The molecule has 0 atom stereocenters. The van der Waals surface area contributed by atoms with Crippen molar-refractivity contribution in [1.82, 2.24) is 9.97 Å². The van der Waals surface area contributed by atoms with Crippen LogP contribution in [0.1, 0.15) is 0 Å². The predicted octanol–water partition coefficient (Wildman–Crippen LogP) is 3.74. The number of aromatic nitrogens is 2. The number of hydrogen-bond acceptors (Lipinski definition) is 7. The first-order chi connectivity index (χ1) is 12.4. The number of rotatable bonds is 5. The molecule has 0 spiro atoms. The van der Waals surface area contributed by atoms with Gasteiger partial charge in [0, 0.05) is 11.1 Å². The average Bonchev–Trinajstić information content (AvgIpc) is 2.96. The third kappa shape index (κ3) is 4.07. The van der Waals surface area contributed by atoms with E-state index in [9.17, 15) is 14.7 Å². The molecule has 136 valence electrons. The second kappa shape index (κ2) is 7.75. The van der Waals surface area contributed by atoms with Gasteiger partial charge in [0.2, 0.25) is 5.91 Å². The van der Waals surface area contributed by atoms with Crippen molar-refractivity contribution in [2.75, 3.05) is 18.2 Å². The van der Waals surface area contributed by atoms with E-state index in [2.05, 4.69) is 15.3 Å². The van der Waals surface area contributed by atoms with Crippen molar-refractivity contribution >= 4 is 68.2 Å². The first-order valence-corrected chi connectivity index (χ1v) is 9.61. The average molecular weight is 432 g/mol. The van der Waals surface area contributed by atoms with Gasteiger partial charge in [-0.2, -0.15) is 0 Å². The molecule has 1 aromatic carbocycles. The van der Waals surface area contributed by atoms with E-state index in [1.54, 1.807) is 0 Å². The minimum atomic E-state index is -0.445. The molecule has 3 rings (SSSR count). The highest BCUT2D eigenvalue weighted by molar-refractivity contribution is 8.01. The fourth-order valence-corrected chi connectivity index (χ4v) is 4.52. The molecule has 2 aromatic heterocycles. The number of fused-ring (bicyclic) bond motifs is 1. The number of ether oxygens (including phenoxy) is 1. The van der Waals surface area contributed by atoms with Crippen LogP contribution in [0.2, 0.25) is 10.0 Å². The topological polar surface area (TPSA) is 104 Å². The van der Waals surface area contributed by atoms with Gasteiger partial charge in [-0.15, -0.1) is 11.3 Å². The van der Waals surface area contributed by atoms with E-state index in [1.165, 1.54) is 42.3 Å². The van der Waals surface area contributed by atoms with E-state index >= 15 is 0 Å². The van der Waals surface area contributed by atoms with Gasteiger partial charge in [0.05, 0.1) is 23.6 Å². The summed E-state index contributed by atoms with van der Waals surface area (Å²) in [6, 6.07) is 4.13. The number of thiazole rings is 1. The number of aromatic amines is 1. The van der Waals surface area contributed by atoms with Crippen molar-refractivity contribution in [2.45, 2.75) is 4.34 Å². The van der Waals surface area contributed by atoms with Gasteiger partial charge < -0.3 is 20.1 Å². The number of pyridine rings is 1. The summed E-state index contributed by atoms with van der Waals surface area (Å²) in [6.45, 7) is 0. The summed E-state index contributed by atoms with van der Waals surface area (Å²) in [5.41, 5.74) is 0.201. The van der Waals surface area contributed by atoms with Crippen molar-refractivity contribution in [1.29, 1.82) is 0 Å². The van der Waals surface area contributed by atoms with E-state index < -0.39 is 5.56 Å². The Balaban J connectivity index is 1.72. The van der Waals surface area contributed by atoms with Crippen LogP contribution in [0.15, 0.2) is 27.3 Å². The lowest BCUT2D eigenvalue weighted by Crippen LogP contribution is -2.14. The maximum absolute atomic E-state index is 12.2. The molecule has 1 amide bonds. The maximum Gasteiger partial charge on any atom is 0.253 e. The molecule has 0 saturated carbocycles. The zero-order valence-electron chi connectivity index (χ0n) is 13.1. The summed E-state index contributed by atoms with van der Waals surface area (Å²) in [7, 11) is 1.44. The molecule has 0 aliphatic rings. The Labute approximate surface area is 165 Å². The zero-order valence-corrected chi connectivity index (χ0v) is 16.3. The molecular weight excluding hydrogens is 421 g/mol. The van der Waals surface area contributed by atoms with Crippen LogP contribution in [-0.4, -0.2) is 33.8 Å². The minimum absolute atomic E-state index is 0.0537. The molecule has 7 nitrogen and oxygen atoms in total. The minimum Gasteiger partial charge on any atom is -0.506 e. The number of aromatic hydroxyl groups is 1. The number of nitrogens with zero attached hydrogens (tertiary/aromatic N) is 1. The number of carbonyl (C=O) groups is 1. The monoisotopic (exact) mass is 431 g/mol. The van der Waals surface area contributed by atoms with E-state index in [4.69, 9.17) is 27.9 Å². The van der Waals surface area contributed by atoms with E-state index in [0.717, 1.165) is 6.07 Å². The number of thioether (sulfide) groups is 1. The van der Waals surface area contributed by atoms with Gasteiger partial charge >= 0.3 is 0 Å². The summed E-state index contributed by atoms with van der Waals surface area (Å²) < 4.78 is 6.16. The van der Waals surface area contributed by atoms with Gasteiger partial charge in [-0.3, -0.25) is 9.59 Å². The summed E-state index contributed by atoms with van der Waals surface area (Å²) in [6.07, 6.45) is 0. The predicted molar refractivity (Wildman–Crippen MR) is 104 cm³/mol. The summed E-state index contributed by atoms with van der Waals surface area (Å²) in [4.78, 5) is 30.3. The number of anilines is 1. The Bertz CT molecular complexity index is 1050. The van der Waals surface area contributed by atoms with Crippen LogP contribution in [-0.2, 0) is 4.79 Å². The standard InChI is InChI=1S/C15H11Cl2N3O4S2/c1-24-12-7(17)2-6(16)3-8(12)18-11(23)5-25-15-20-14-13(26-15)9(21)4-10(22)19-14/h2-4H,5H2,1H3,(H,18,23)(H2,19,21,22). The smallest absolute Gasteiger partial charge is 0.253 e. The fraction of sp³-hybridized carbons (Fsp3) is 0.133. The molecule has 0 fully saturated rings. The molecule has 0 aliphatic heterocycles. The van der Waals surface area contributed by atoms with Gasteiger partial charge in [-0.25, -0.2) is 4.98 Å². The molecular formula is C15H11Cl2N3O4S2. The van der Waals surface area contributed by atoms with Gasteiger partial charge in [-0.1, -0.05) is 35.0 Å². The fourth-order valence-electron chi connectivity index (χ4n) is 2.14. The molecule has 3 aromatic rings. The van der Waals surface area contributed by atoms with Crippen molar-refractivity contribution < 1.29 is 14.6 Å². The van der Waals surface area contributed by atoms with Crippen LogP contribution in [0, 0.1) is 0 Å². The number of amides is 1. The highest BCUT2D eigenvalue weighted by Gasteiger charge is 2.15. The highest BCUT2D eigenvalue weighted by Crippen LogP contribution is 2.36. The van der Waals surface area contributed by atoms with Crippen molar-refractivity contribution in [3.05, 3.63) is 38.6 Å². The van der Waals surface area contributed by atoms with Gasteiger partial charge in [0.1, 0.15) is 10.4 Å². The molecule has 2 heterocycles. The quantitative estimate of drug-likeness (QED) is 0.531. The zero-order chi connectivity index (χ0) is 18.8. The van der Waals surface area contributed by atoms with Gasteiger partial charge in [0.25, 0.3) is 5.56 Å². The maximum atomic E-state index is 12.2. The second-order valence-electron chi connectivity index (χ2n) is 4.98. The molecule has 0 radical (unpaired) electrons. The third-order valence-electron chi connectivity index (χ3n) is 3.16. The SMILES string of the molecule is COc1c(Cl)cc(Cl)cc1NC(=O)CSc1nc2[nH]c(=O)cc(O)c2s1. The van der Waals surface area contributed by atoms with E-state index in [1.807, 2.05) is 0 Å². The lowest BCUT2D eigenvalue weighted by atomic mass is 10.3. The molecule has 3 N–H and O–H groups in total. The number of H-pyrrole nitrogens is 1. The lowest BCUT2D eigenvalue weighted by molar-refractivity contribution is -0.113. The second-order valence-corrected chi connectivity index (χ2v) is 8.05. The molecule has 0 bridgehead atoms. The molecule has 0 aliphatic carbocycles. The first-order valence-electron chi connectivity index (χ1n) is 7.06. The summed E-state index contributed by atoms with van der Waals surface area (Å²) in [5, 5.41) is 13.1. The third-order valence-corrected chi connectivity index (χ3v) is 5.88. The molecule has 0 saturated heterocycles. The normalized spacial score (nSPS) is 10.9.